The van der Waals surface area contributed by atoms with Crippen molar-refractivity contribution in [3.63, 3.8) is 0 Å². The largest absolute Gasteiger partial charge is 0.496 e. The first-order valence-electron chi connectivity index (χ1n) is 8.39. The predicted octanol–water partition coefficient (Wildman–Crippen LogP) is 3.50. The van der Waals surface area contributed by atoms with Gasteiger partial charge in [-0.25, -0.2) is 15.4 Å². The quantitative estimate of drug-likeness (QED) is 0.307. The first-order valence-corrected chi connectivity index (χ1v) is 9.38. The van der Waals surface area contributed by atoms with Gasteiger partial charge in [-0.1, -0.05) is 36.0 Å². The zero-order chi connectivity index (χ0) is 19.2. The summed E-state index contributed by atoms with van der Waals surface area (Å²) in [5, 5.41) is 6.67. The maximum absolute atomic E-state index is 12.0. The highest BCUT2D eigenvalue weighted by atomic mass is 32.2. The Morgan fingerprint density at radius 3 is 2.56 bits per heavy atom. The molecular formula is C20H20N4O2S. The molecule has 0 unspecified atom stereocenters. The number of hydrogen-bond acceptors (Lipinski definition) is 6. The molecule has 1 aromatic heterocycles. The zero-order valence-corrected chi connectivity index (χ0v) is 16.2. The van der Waals surface area contributed by atoms with Crippen LogP contribution in [0.5, 0.6) is 5.75 Å². The van der Waals surface area contributed by atoms with Gasteiger partial charge in [0.15, 0.2) is 5.16 Å². The third-order valence-electron chi connectivity index (χ3n) is 3.82. The highest BCUT2D eigenvalue weighted by Gasteiger charge is 2.06. The number of carbonyl (C=O) groups excluding carboxylic acids is 1. The third kappa shape index (κ3) is 4.83. The zero-order valence-electron chi connectivity index (χ0n) is 15.4. The molecule has 0 fully saturated rings. The molecule has 0 aliphatic rings. The van der Waals surface area contributed by atoms with Crippen molar-refractivity contribution >= 4 is 34.7 Å². The van der Waals surface area contributed by atoms with Gasteiger partial charge < -0.3 is 4.74 Å². The Labute approximate surface area is 162 Å². The van der Waals surface area contributed by atoms with Gasteiger partial charge in [-0.05, 0) is 37.4 Å². The van der Waals surface area contributed by atoms with Crippen molar-refractivity contribution in [2.24, 2.45) is 5.10 Å². The highest BCUT2D eigenvalue weighted by molar-refractivity contribution is 7.99. The molecule has 6 nitrogen and oxygen atoms in total. The van der Waals surface area contributed by atoms with Gasteiger partial charge in [0.25, 0.3) is 5.91 Å². The van der Waals surface area contributed by atoms with E-state index >= 15 is 0 Å². The molecule has 0 aliphatic carbocycles. The van der Waals surface area contributed by atoms with Gasteiger partial charge >= 0.3 is 0 Å². The molecule has 1 heterocycles. The fraction of sp³-hybridized carbons (Fsp3) is 0.200. The lowest BCUT2D eigenvalue weighted by atomic mass is 10.0. The summed E-state index contributed by atoms with van der Waals surface area (Å²) < 4.78 is 5.39. The van der Waals surface area contributed by atoms with E-state index in [0.29, 0.717) is 5.16 Å². The molecule has 3 aromatic rings. The molecule has 0 saturated heterocycles. The minimum atomic E-state index is -0.211. The third-order valence-corrected chi connectivity index (χ3v) is 4.67. The summed E-state index contributed by atoms with van der Waals surface area (Å²) in [6.07, 6.45) is 1.64. The fourth-order valence-electron chi connectivity index (χ4n) is 2.68. The number of hydrazone groups is 1. The molecule has 0 saturated carbocycles. The van der Waals surface area contributed by atoms with E-state index in [9.17, 15) is 4.79 Å². The minimum absolute atomic E-state index is 0.198. The summed E-state index contributed by atoms with van der Waals surface area (Å²) in [5.74, 6) is 0.789. The van der Waals surface area contributed by atoms with Gasteiger partial charge in [-0.15, -0.1) is 0 Å². The van der Waals surface area contributed by atoms with Crippen LogP contribution in [0.25, 0.3) is 10.8 Å². The van der Waals surface area contributed by atoms with Crippen LogP contribution >= 0.6 is 11.8 Å². The number of thioether (sulfide) groups is 1. The number of fused-ring (bicyclic) bond motifs is 1. The Kier molecular flexibility index (Phi) is 6.03. The van der Waals surface area contributed by atoms with Crippen LogP contribution in [-0.2, 0) is 4.79 Å². The van der Waals surface area contributed by atoms with E-state index in [4.69, 9.17) is 4.74 Å². The first kappa shape index (κ1) is 18.8. The lowest BCUT2D eigenvalue weighted by Crippen LogP contribution is -2.19. The molecule has 7 heteroatoms. The fourth-order valence-corrected chi connectivity index (χ4v) is 3.42. The number of aromatic nitrogens is 2. The normalized spacial score (nSPS) is 11.1. The number of carbonyl (C=O) groups is 1. The molecule has 0 radical (unpaired) electrons. The Morgan fingerprint density at radius 2 is 1.85 bits per heavy atom. The molecule has 0 aliphatic heterocycles. The second-order valence-electron chi connectivity index (χ2n) is 5.92. The number of nitrogens with zero attached hydrogens (tertiary/aromatic N) is 3. The first-order chi connectivity index (χ1) is 13.1. The predicted molar refractivity (Wildman–Crippen MR) is 108 cm³/mol. The van der Waals surface area contributed by atoms with Gasteiger partial charge in [-0.3, -0.25) is 4.79 Å². The Bertz CT molecular complexity index is 984. The molecule has 138 valence electrons. The van der Waals surface area contributed by atoms with E-state index in [0.717, 1.165) is 33.5 Å². The van der Waals surface area contributed by atoms with Crippen LogP contribution in [-0.4, -0.2) is 35.0 Å². The summed E-state index contributed by atoms with van der Waals surface area (Å²) in [6, 6.07) is 13.6. The van der Waals surface area contributed by atoms with Crippen LogP contribution in [0, 0.1) is 13.8 Å². The van der Waals surface area contributed by atoms with Crippen LogP contribution < -0.4 is 10.2 Å². The van der Waals surface area contributed by atoms with Crippen LogP contribution in [0.15, 0.2) is 52.7 Å². The van der Waals surface area contributed by atoms with Crippen molar-refractivity contribution in [3.05, 3.63) is 59.4 Å². The number of rotatable bonds is 6. The Hall–Kier alpha value is -2.93. The second-order valence-corrected chi connectivity index (χ2v) is 6.86. The van der Waals surface area contributed by atoms with Crippen LogP contribution in [0.2, 0.25) is 0 Å². The SMILES string of the molecule is COc1ccc(/C=N\NC(=O)CSc2nc(C)cc(C)n2)c2ccccc12. The highest BCUT2D eigenvalue weighted by Crippen LogP contribution is 2.27. The van der Waals surface area contributed by atoms with Crippen LogP contribution in [0.1, 0.15) is 17.0 Å². The van der Waals surface area contributed by atoms with E-state index < -0.39 is 0 Å². The number of nitrogens with one attached hydrogen (secondary N) is 1. The molecule has 0 atom stereocenters. The molecule has 2 aromatic carbocycles. The molecule has 3 rings (SSSR count). The standard InChI is InChI=1S/C20H20N4O2S/c1-13-10-14(2)23-20(22-13)27-12-19(25)24-21-11-15-8-9-18(26-3)17-7-5-4-6-16(15)17/h4-11H,12H2,1-3H3,(H,24,25)/b21-11-. The summed E-state index contributed by atoms with van der Waals surface area (Å²) in [4.78, 5) is 20.6. The molecule has 27 heavy (non-hydrogen) atoms. The van der Waals surface area contributed by atoms with Crippen molar-refractivity contribution < 1.29 is 9.53 Å². The summed E-state index contributed by atoms with van der Waals surface area (Å²) in [6.45, 7) is 3.81. The Morgan fingerprint density at radius 1 is 1.15 bits per heavy atom. The van der Waals surface area contributed by atoms with Crippen molar-refractivity contribution in [2.45, 2.75) is 19.0 Å². The van der Waals surface area contributed by atoms with Crippen molar-refractivity contribution in [1.82, 2.24) is 15.4 Å². The summed E-state index contributed by atoms with van der Waals surface area (Å²) in [5.41, 5.74) is 5.21. The molecule has 1 amide bonds. The van der Waals surface area contributed by atoms with E-state index in [1.54, 1.807) is 13.3 Å². The molecule has 0 bridgehead atoms. The van der Waals surface area contributed by atoms with Crippen molar-refractivity contribution in [3.8, 4) is 5.75 Å². The molecular weight excluding hydrogens is 360 g/mol. The molecule has 0 spiro atoms. The monoisotopic (exact) mass is 380 g/mol. The number of benzene rings is 2. The number of ether oxygens (including phenoxy) is 1. The average Bonchev–Trinajstić information content (AvgIpc) is 2.66. The summed E-state index contributed by atoms with van der Waals surface area (Å²) in [7, 11) is 1.65. The van der Waals surface area contributed by atoms with E-state index in [1.165, 1.54) is 11.8 Å². The molecule has 1 N–H and O–H groups in total. The number of amides is 1. The van der Waals surface area contributed by atoms with E-state index in [1.807, 2.05) is 56.3 Å². The van der Waals surface area contributed by atoms with Crippen LogP contribution in [0.3, 0.4) is 0 Å². The Balaban J connectivity index is 1.63. The number of aryl methyl sites for hydroxylation is 2. The summed E-state index contributed by atoms with van der Waals surface area (Å²) >= 11 is 1.29. The minimum Gasteiger partial charge on any atom is -0.496 e. The van der Waals surface area contributed by atoms with Gasteiger partial charge in [0.2, 0.25) is 0 Å². The van der Waals surface area contributed by atoms with E-state index in [2.05, 4.69) is 20.5 Å². The van der Waals surface area contributed by atoms with Gasteiger partial charge in [0.05, 0.1) is 19.1 Å². The maximum atomic E-state index is 12.0. The number of methoxy groups -OCH3 is 1. The second kappa shape index (κ2) is 8.64. The maximum Gasteiger partial charge on any atom is 0.250 e. The van der Waals surface area contributed by atoms with Crippen molar-refractivity contribution in [2.75, 3.05) is 12.9 Å². The van der Waals surface area contributed by atoms with Gasteiger partial charge in [-0.2, -0.15) is 5.10 Å². The van der Waals surface area contributed by atoms with Crippen molar-refractivity contribution in [1.29, 1.82) is 0 Å². The lowest BCUT2D eigenvalue weighted by Gasteiger charge is -2.07. The number of hydrogen-bond donors (Lipinski definition) is 1. The van der Waals surface area contributed by atoms with Gasteiger partial charge in [0.1, 0.15) is 5.75 Å². The topological polar surface area (TPSA) is 76.5 Å². The van der Waals surface area contributed by atoms with Crippen LogP contribution in [0.4, 0.5) is 0 Å². The smallest absolute Gasteiger partial charge is 0.250 e. The van der Waals surface area contributed by atoms with Gasteiger partial charge in [0, 0.05) is 22.3 Å². The average molecular weight is 380 g/mol. The van der Waals surface area contributed by atoms with E-state index in [-0.39, 0.29) is 11.7 Å². The lowest BCUT2D eigenvalue weighted by molar-refractivity contribution is -0.118.